The molecule has 5 heteroatoms. The largest absolute Gasteiger partial charge is 0.361 e. The maximum atomic E-state index is 4.59. The highest BCUT2D eigenvalue weighted by atomic mass is 79.9. The number of fused-ring (bicyclic) bond motifs is 1. The van der Waals surface area contributed by atoms with Crippen LogP contribution in [-0.2, 0) is 0 Å². The van der Waals surface area contributed by atoms with Crippen LogP contribution in [0.1, 0.15) is 5.56 Å². The zero-order valence-electron chi connectivity index (χ0n) is 10.2. The van der Waals surface area contributed by atoms with E-state index in [2.05, 4.69) is 69.9 Å². The van der Waals surface area contributed by atoms with Crippen LogP contribution in [0.25, 0.3) is 10.9 Å². The van der Waals surface area contributed by atoms with Gasteiger partial charge in [-0.15, -0.1) is 0 Å². The summed E-state index contributed by atoms with van der Waals surface area (Å²) in [7, 11) is 0. The van der Waals surface area contributed by atoms with Gasteiger partial charge in [-0.05, 0) is 50.1 Å². The van der Waals surface area contributed by atoms with Gasteiger partial charge in [0.25, 0.3) is 0 Å². The van der Waals surface area contributed by atoms with Crippen molar-refractivity contribution in [2.24, 2.45) is 4.99 Å². The second kappa shape index (κ2) is 5.84. The molecule has 100 valence electrons. The molecular formula is C15H9Br3N2. The van der Waals surface area contributed by atoms with Crippen LogP contribution >= 0.6 is 47.8 Å². The fourth-order valence-corrected chi connectivity index (χ4v) is 4.47. The van der Waals surface area contributed by atoms with E-state index in [0.717, 1.165) is 30.2 Å². The molecule has 1 aromatic heterocycles. The lowest BCUT2D eigenvalue weighted by atomic mass is 10.1. The van der Waals surface area contributed by atoms with Crippen molar-refractivity contribution < 1.29 is 0 Å². The Kier molecular flexibility index (Phi) is 4.10. The van der Waals surface area contributed by atoms with Gasteiger partial charge in [-0.25, -0.2) is 0 Å². The first-order chi connectivity index (χ1) is 9.65. The third-order valence-corrected chi connectivity index (χ3v) is 4.60. The fourth-order valence-electron chi connectivity index (χ4n) is 2.01. The van der Waals surface area contributed by atoms with Gasteiger partial charge in [-0.3, -0.25) is 4.99 Å². The molecule has 3 rings (SSSR count). The van der Waals surface area contributed by atoms with Crippen LogP contribution in [0.3, 0.4) is 0 Å². The van der Waals surface area contributed by atoms with Gasteiger partial charge in [-0.2, -0.15) is 0 Å². The standard InChI is InChI=1S/C15H9Br3N2/c16-11-6-12(17)15(13(18)7-11)20-8-10-3-1-2-9-4-5-19-14(9)10/h1-8,19H/b20-8+. The Labute approximate surface area is 141 Å². The van der Waals surface area contributed by atoms with E-state index in [1.165, 1.54) is 5.39 Å². The van der Waals surface area contributed by atoms with Gasteiger partial charge in [0.05, 0.1) is 11.2 Å². The summed E-state index contributed by atoms with van der Waals surface area (Å²) in [6, 6.07) is 12.2. The highest BCUT2D eigenvalue weighted by Gasteiger charge is 2.05. The number of aromatic amines is 1. The molecule has 0 amide bonds. The molecule has 1 heterocycles. The second-order valence-electron chi connectivity index (χ2n) is 4.27. The maximum absolute atomic E-state index is 4.59. The third-order valence-electron chi connectivity index (χ3n) is 2.93. The van der Waals surface area contributed by atoms with E-state index < -0.39 is 0 Å². The van der Waals surface area contributed by atoms with Crippen molar-refractivity contribution in [2.45, 2.75) is 0 Å². The number of benzene rings is 2. The van der Waals surface area contributed by atoms with Gasteiger partial charge in [0, 0.05) is 36.8 Å². The Morgan fingerprint density at radius 2 is 1.75 bits per heavy atom. The minimum absolute atomic E-state index is 0.872. The molecule has 3 aromatic rings. The molecule has 0 aliphatic carbocycles. The number of hydrogen-bond acceptors (Lipinski definition) is 1. The highest BCUT2D eigenvalue weighted by molar-refractivity contribution is 9.11. The summed E-state index contributed by atoms with van der Waals surface area (Å²) in [6.07, 6.45) is 3.81. The Morgan fingerprint density at radius 3 is 2.50 bits per heavy atom. The van der Waals surface area contributed by atoms with Crippen molar-refractivity contribution in [3.8, 4) is 0 Å². The molecule has 2 nitrogen and oxygen atoms in total. The zero-order chi connectivity index (χ0) is 14.1. The van der Waals surface area contributed by atoms with E-state index in [0.29, 0.717) is 0 Å². The minimum Gasteiger partial charge on any atom is -0.361 e. The summed E-state index contributed by atoms with van der Waals surface area (Å²) in [6.45, 7) is 0. The van der Waals surface area contributed by atoms with Gasteiger partial charge < -0.3 is 4.98 Å². The number of rotatable bonds is 2. The fraction of sp³-hybridized carbons (Fsp3) is 0. The van der Waals surface area contributed by atoms with Crippen molar-refractivity contribution >= 4 is 70.6 Å². The molecule has 0 aliphatic heterocycles. The molecule has 0 saturated heterocycles. The summed E-state index contributed by atoms with van der Waals surface area (Å²) in [4.78, 5) is 7.83. The molecule has 0 aliphatic rings. The first kappa shape index (κ1) is 14.0. The number of halogens is 3. The predicted octanol–water partition coefficient (Wildman–Crippen LogP) is 6.21. The molecule has 1 N–H and O–H groups in total. The van der Waals surface area contributed by atoms with Crippen molar-refractivity contribution in [3.63, 3.8) is 0 Å². The lowest BCUT2D eigenvalue weighted by Gasteiger charge is -2.03. The van der Waals surface area contributed by atoms with E-state index in [4.69, 9.17) is 0 Å². The van der Waals surface area contributed by atoms with Crippen LogP contribution in [0.2, 0.25) is 0 Å². The molecule has 0 bridgehead atoms. The average Bonchev–Trinajstić information content (AvgIpc) is 2.86. The van der Waals surface area contributed by atoms with Crippen molar-refractivity contribution in [1.82, 2.24) is 4.98 Å². The molecular weight excluding hydrogens is 448 g/mol. The lowest BCUT2D eigenvalue weighted by molar-refractivity contribution is 1.44. The number of nitrogens with zero attached hydrogens (tertiary/aromatic N) is 1. The number of H-pyrrole nitrogens is 1. The molecule has 0 spiro atoms. The number of aromatic nitrogens is 1. The first-order valence-electron chi connectivity index (χ1n) is 5.90. The van der Waals surface area contributed by atoms with Gasteiger partial charge >= 0.3 is 0 Å². The monoisotopic (exact) mass is 454 g/mol. The molecule has 0 fully saturated rings. The molecule has 2 aromatic carbocycles. The Balaban J connectivity index is 2.05. The smallest absolute Gasteiger partial charge is 0.0914 e. The molecule has 0 atom stereocenters. The number of nitrogens with one attached hydrogen (secondary N) is 1. The van der Waals surface area contributed by atoms with E-state index in [9.17, 15) is 0 Å². The molecule has 20 heavy (non-hydrogen) atoms. The topological polar surface area (TPSA) is 28.1 Å². The maximum Gasteiger partial charge on any atom is 0.0914 e. The summed E-state index contributed by atoms with van der Waals surface area (Å²) in [5.41, 5.74) is 3.03. The zero-order valence-corrected chi connectivity index (χ0v) is 15.0. The number of aliphatic imine (C=N–C) groups is 1. The Hall–Kier alpha value is -0.910. The summed E-state index contributed by atoms with van der Waals surface area (Å²) >= 11 is 10.5. The van der Waals surface area contributed by atoms with Crippen LogP contribution in [0.15, 0.2) is 61.0 Å². The summed E-state index contributed by atoms with van der Waals surface area (Å²) < 4.78 is 2.88. The van der Waals surface area contributed by atoms with Gasteiger partial charge in [-0.1, -0.05) is 34.1 Å². The van der Waals surface area contributed by atoms with E-state index in [1.807, 2.05) is 36.7 Å². The van der Waals surface area contributed by atoms with Crippen molar-refractivity contribution in [2.75, 3.05) is 0 Å². The summed E-state index contributed by atoms with van der Waals surface area (Å²) in [5.74, 6) is 0. The predicted molar refractivity (Wildman–Crippen MR) is 95.1 cm³/mol. The first-order valence-corrected chi connectivity index (χ1v) is 8.28. The minimum atomic E-state index is 0.872. The van der Waals surface area contributed by atoms with Gasteiger partial charge in [0.2, 0.25) is 0 Å². The van der Waals surface area contributed by atoms with Crippen LogP contribution in [-0.4, -0.2) is 11.2 Å². The second-order valence-corrected chi connectivity index (χ2v) is 6.89. The van der Waals surface area contributed by atoms with Crippen molar-refractivity contribution in [1.29, 1.82) is 0 Å². The number of hydrogen-bond donors (Lipinski definition) is 1. The molecule has 0 unspecified atom stereocenters. The van der Waals surface area contributed by atoms with Gasteiger partial charge in [0.1, 0.15) is 0 Å². The molecule has 0 radical (unpaired) electrons. The summed E-state index contributed by atoms with van der Waals surface area (Å²) in [5, 5.41) is 1.18. The van der Waals surface area contributed by atoms with Crippen molar-refractivity contribution in [3.05, 3.63) is 61.6 Å². The van der Waals surface area contributed by atoms with Crippen LogP contribution < -0.4 is 0 Å². The molecule has 0 saturated carbocycles. The van der Waals surface area contributed by atoms with E-state index >= 15 is 0 Å². The number of para-hydroxylation sites is 1. The third kappa shape index (κ3) is 2.75. The normalized spacial score (nSPS) is 11.6. The Morgan fingerprint density at radius 1 is 1.00 bits per heavy atom. The lowest BCUT2D eigenvalue weighted by Crippen LogP contribution is -1.84. The van der Waals surface area contributed by atoms with E-state index in [-0.39, 0.29) is 0 Å². The van der Waals surface area contributed by atoms with Crippen LogP contribution in [0.5, 0.6) is 0 Å². The van der Waals surface area contributed by atoms with Gasteiger partial charge in [0.15, 0.2) is 0 Å². The van der Waals surface area contributed by atoms with Crippen LogP contribution in [0.4, 0.5) is 5.69 Å². The quantitative estimate of drug-likeness (QED) is 0.444. The van der Waals surface area contributed by atoms with E-state index in [1.54, 1.807) is 0 Å². The van der Waals surface area contributed by atoms with Crippen LogP contribution in [0, 0.1) is 0 Å². The SMILES string of the molecule is Brc1cc(Br)c(/N=C/c2cccc3cc[nH]c23)c(Br)c1. The average molecular weight is 457 g/mol. The highest BCUT2D eigenvalue weighted by Crippen LogP contribution is 2.36. The Bertz CT molecular complexity index is 783.